The number of hydrogen-bond acceptors (Lipinski definition) is 4. The van der Waals surface area contributed by atoms with Gasteiger partial charge in [0.1, 0.15) is 0 Å². The first kappa shape index (κ1) is 10.5. The third kappa shape index (κ3) is 2.97. The monoisotopic (exact) mass is 187 g/mol. The SMILES string of the molecule is COC(=O)CN1C[C@H](O)CC[C@H]1C. The van der Waals surface area contributed by atoms with Gasteiger partial charge in [-0.15, -0.1) is 0 Å². The Bertz CT molecular complexity index is 184. The molecule has 1 heterocycles. The van der Waals surface area contributed by atoms with E-state index in [0.717, 1.165) is 12.8 Å². The van der Waals surface area contributed by atoms with Crippen LogP contribution < -0.4 is 0 Å². The zero-order valence-electron chi connectivity index (χ0n) is 8.19. The highest BCUT2D eigenvalue weighted by Gasteiger charge is 2.25. The van der Waals surface area contributed by atoms with Crippen molar-refractivity contribution < 1.29 is 14.6 Å². The minimum Gasteiger partial charge on any atom is -0.468 e. The molecule has 1 aliphatic heterocycles. The first-order valence-electron chi connectivity index (χ1n) is 4.62. The van der Waals surface area contributed by atoms with Gasteiger partial charge in [-0.05, 0) is 19.8 Å². The van der Waals surface area contributed by atoms with Crippen LogP contribution in [-0.4, -0.2) is 48.3 Å². The number of hydrogen-bond donors (Lipinski definition) is 1. The fraction of sp³-hybridized carbons (Fsp3) is 0.889. The number of β-amino-alcohol motifs (C(OH)–C–C–N with tert-alkyl or cyclic N) is 1. The molecule has 4 heteroatoms. The number of methoxy groups -OCH3 is 1. The van der Waals surface area contributed by atoms with E-state index in [9.17, 15) is 9.90 Å². The second-order valence-electron chi connectivity index (χ2n) is 3.59. The molecule has 0 aromatic carbocycles. The highest BCUT2D eigenvalue weighted by atomic mass is 16.5. The van der Waals surface area contributed by atoms with Crippen molar-refractivity contribution in [3.63, 3.8) is 0 Å². The lowest BCUT2D eigenvalue weighted by Gasteiger charge is -2.34. The van der Waals surface area contributed by atoms with Crippen LogP contribution in [0.25, 0.3) is 0 Å². The third-order valence-electron chi connectivity index (χ3n) is 2.55. The average molecular weight is 187 g/mol. The first-order valence-corrected chi connectivity index (χ1v) is 4.62. The summed E-state index contributed by atoms with van der Waals surface area (Å²) in [5, 5.41) is 9.39. The molecule has 0 aromatic rings. The summed E-state index contributed by atoms with van der Waals surface area (Å²) < 4.78 is 4.57. The average Bonchev–Trinajstić information content (AvgIpc) is 2.11. The Balaban J connectivity index is 2.41. The molecule has 0 unspecified atom stereocenters. The number of piperidine rings is 1. The number of nitrogens with zero attached hydrogens (tertiary/aromatic N) is 1. The van der Waals surface area contributed by atoms with Crippen LogP contribution in [0, 0.1) is 0 Å². The van der Waals surface area contributed by atoms with Gasteiger partial charge in [0.05, 0.1) is 19.8 Å². The van der Waals surface area contributed by atoms with E-state index in [2.05, 4.69) is 11.7 Å². The molecular formula is C9H17NO3. The third-order valence-corrected chi connectivity index (χ3v) is 2.55. The molecule has 0 amide bonds. The minimum absolute atomic E-state index is 0.235. The number of esters is 1. The van der Waals surface area contributed by atoms with Crippen LogP contribution in [0.5, 0.6) is 0 Å². The summed E-state index contributed by atoms with van der Waals surface area (Å²) in [5.41, 5.74) is 0. The van der Waals surface area contributed by atoms with E-state index in [-0.39, 0.29) is 18.6 Å². The Morgan fingerprint density at radius 1 is 1.62 bits per heavy atom. The molecule has 0 aliphatic carbocycles. The van der Waals surface area contributed by atoms with Gasteiger partial charge in [0.25, 0.3) is 0 Å². The zero-order chi connectivity index (χ0) is 9.84. The zero-order valence-corrected chi connectivity index (χ0v) is 8.19. The molecule has 0 radical (unpaired) electrons. The van der Waals surface area contributed by atoms with Crippen LogP contribution in [0.2, 0.25) is 0 Å². The van der Waals surface area contributed by atoms with Gasteiger partial charge < -0.3 is 9.84 Å². The van der Waals surface area contributed by atoms with Crippen molar-refractivity contribution in [3.05, 3.63) is 0 Å². The van der Waals surface area contributed by atoms with Crippen molar-refractivity contribution in [2.45, 2.75) is 31.9 Å². The van der Waals surface area contributed by atoms with Crippen molar-refractivity contribution in [1.29, 1.82) is 0 Å². The smallest absolute Gasteiger partial charge is 0.319 e. The van der Waals surface area contributed by atoms with E-state index in [4.69, 9.17) is 0 Å². The summed E-state index contributed by atoms with van der Waals surface area (Å²) in [5.74, 6) is -0.235. The highest BCUT2D eigenvalue weighted by Crippen LogP contribution is 2.16. The molecule has 1 saturated heterocycles. The maximum Gasteiger partial charge on any atom is 0.319 e. The van der Waals surface area contributed by atoms with Gasteiger partial charge in [-0.25, -0.2) is 0 Å². The Hall–Kier alpha value is -0.610. The predicted molar refractivity (Wildman–Crippen MR) is 48.3 cm³/mol. The normalized spacial score (nSPS) is 30.1. The Morgan fingerprint density at radius 3 is 2.92 bits per heavy atom. The lowest BCUT2D eigenvalue weighted by molar-refractivity contribution is -0.143. The number of aliphatic hydroxyl groups is 1. The lowest BCUT2D eigenvalue weighted by Crippen LogP contribution is -2.46. The van der Waals surface area contributed by atoms with Crippen LogP contribution in [0.3, 0.4) is 0 Å². The summed E-state index contributed by atoms with van der Waals surface area (Å²) in [6.07, 6.45) is 1.48. The largest absolute Gasteiger partial charge is 0.468 e. The van der Waals surface area contributed by atoms with Gasteiger partial charge in [0, 0.05) is 12.6 Å². The molecule has 2 atom stereocenters. The second-order valence-corrected chi connectivity index (χ2v) is 3.59. The number of carbonyl (C=O) groups is 1. The number of ether oxygens (including phenoxy) is 1. The molecule has 1 rings (SSSR count). The van der Waals surface area contributed by atoms with E-state index in [0.29, 0.717) is 12.6 Å². The van der Waals surface area contributed by atoms with Crippen molar-refractivity contribution >= 4 is 5.97 Å². The van der Waals surface area contributed by atoms with E-state index in [1.165, 1.54) is 7.11 Å². The lowest BCUT2D eigenvalue weighted by atomic mass is 10.0. The van der Waals surface area contributed by atoms with Gasteiger partial charge in [0.2, 0.25) is 0 Å². The quantitative estimate of drug-likeness (QED) is 0.618. The Kier molecular flexibility index (Phi) is 3.69. The van der Waals surface area contributed by atoms with Gasteiger partial charge in [-0.3, -0.25) is 9.69 Å². The molecule has 4 nitrogen and oxygen atoms in total. The molecule has 0 aromatic heterocycles. The predicted octanol–water partition coefficient (Wildman–Crippen LogP) is 0.00460. The molecule has 1 aliphatic rings. The molecular weight excluding hydrogens is 170 g/mol. The molecule has 76 valence electrons. The van der Waals surface area contributed by atoms with E-state index < -0.39 is 0 Å². The molecule has 1 fully saturated rings. The van der Waals surface area contributed by atoms with Crippen molar-refractivity contribution in [2.75, 3.05) is 20.2 Å². The molecule has 0 spiro atoms. The van der Waals surface area contributed by atoms with Crippen LogP contribution in [0.4, 0.5) is 0 Å². The van der Waals surface area contributed by atoms with Crippen LogP contribution >= 0.6 is 0 Å². The van der Waals surface area contributed by atoms with E-state index >= 15 is 0 Å². The van der Waals surface area contributed by atoms with Crippen molar-refractivity contribution in [3.8, 4) is 0 Å². The topological polar surface area (TPSA) is 49.8 Å². The number of aliphatic hydroxyl groups excluding tert-OH is 1. The number of likely N-dealkylation sites (tertiary alicyclic amines) is 1. The summed E-state index contributed by atoms with van der Waals surface area (Å²) in [7, 11) is 1.38. The molecule has 0 saturated carbocycles. The summed E-state index contributed by atoms with van der Waals surface area (Å²) in [6, 6.07) is 0.363. The van der Waals surface area contributed by atoms with Gasteiger partial charge in [-0.2, -0.15) is 0 Å². The maximum atomic E-state index is 11.0. The number of carbonyl (C=O) groups excluding carboxylic acids is 1. The molecule has 0 bridgehead atoms. The van der Waals surface area contributed by atoms with Gasteiger partial charge in [-0.1, -0.05) is 0 Å². The van der Waals surface area contributed by atoms with E-state index in [1.807, 2.05) is 4.90 Å². The standard InChI is InChI=1S/C9H17NO3/c1-7-3-4-8(11)5-10(7)6-9(12)13-2/h7-8,11H,3-6H2,1-2H3/t7-,8-/m1/s1. The van der Waals surface area contributed by atoms with E-state index in [1.54, 1.807) is 0 Å². The molecule has 13 heavy (non-hydrogen) atoms. The van der Waals surface area contributed by atoms with Crippen molar-refractivity contribution in [1.82, 2.24) is 4.90 Å². The fourth-order valence-corrected chi connectivity index (χ4v) is 1.61. The number of rotatable bonds is 2. The van der Waals surface area contributed by atoms with Crippen LogP contribution in [-0.2, 0) is 9.53 Å². The fourth-order valence-electron chi connectivity index (χ4n) is 1.61. The summed E-state index contributed by atoms with van der Waals surface area (Å²) in [4.78, 5) is 12.9. The van der Waals surface area contributed by atoms with Crippen molar-refractivity contribution in [2.24, 2.45) is 0 Å². The summed E-state index contributed by atoms with van der Waals surface area (Å²) in [6.45, 7) is 2.93. The Labute approximate surface area is 78.5 Å². The summed E-state index contributed by atoms with van der Waals surface area (Å²) >= 11 is 0. The molecule has 1 N–H and O–H groups in total. The Morgan fingerprint density at radius 2 is 2.31 bits per heavy atom. The van der Waals surface area contributed by atoms with Gasteiger partial charge in [0.15, 0.2) is 0 Å². The van der Waals surface area contributed by atoms with Crippen LogP contribution in [0.1, 0.15) is 19.8 Å². The maximum absolute atomic E-state index is 11.0. The first-order chi connectivity index (χ1) is 6.13. The van der Waals surface area contributed by atoms with Gasteiger partial charge >= 0.3 is 5.97 Å². The minimum atomic E-state index is -0.291. The highest BCUT2D eigenvalue weighted by molar-refractivity contribution is 5.71. The second kappa shape index (κ2) is 4.58. The van der Waals surface area contributed by atoms with Crippen LogP contribution in [0.15, 0.2) is 0 Å².